The molecule has 0 atom stereocenters. The standard InChI is InChI=1S/C15H24N4/c1-12(2)18-15-17-11-9-14(19-15)16-10-8-13-6-4-3-5-7-13/h6,9,11-12H,3-5,7-8,10H2,1-2H3,(H2,16,17,18,19). The number of hydrogen-bond donors (Lipinski definition) is 2. The highest BCUT2D eigenvalue weighted by atomic mass is 15.1. The fourth-order valence-electron chi connectivity index (χ4n) is 2.27. The van der Waals surface area contributed by atoms with Crippen molar-refractivity contribution in [2.75, 3.05) is 17.2 Å². The topological polar surface area (TPSA) is 49.8 Å². The Morgan fingerprint density at radius 3 is 2.95 bits per heavy atom. The molecule has 0 aliphatic heterocycles. The zero-order valence-electron chi connectivity index (χ0n) is 11.9. The van der Waals surface area contributed by atoms with E-state index in [9.17, 15) is 0 Å². The van der Waals surface area contributed by atoms with Gasteiger partial charge in [0.25, 0.3) is 0 Å². The van der Waals surface area contributed by atoms with Crippen molar-refractivity contribution >= 4 is 11.8 Å². The normalized spacial score (nSPS) is 15.2. The molecule has 4 nitrogen and oxygen atoms in total. The fourth-order valence-corrected chi connectivity index (χ4v) is 2.27. The van der Waals surface area contributed by atoms with Crippen LogP contribution in [0.2, 0.25) is 0 Å². The molecule has 0 saturated heterocycles. The Morgan fingerprint density at radius 2 is 2.21 bits per heavy atom. The molecular weight excluding hydrogens is 236 g/mol. The van der Waals surface area contributed by atoms with E-state index < -0.39 is 0 Å². The molecule has 0 bridgehead atoms. The highest BCUT2D eigenvalue weighted by Gasteiger charge is 2.04. The highest BCUT2D eigenvalue weighted by molar-refractivity contribution is 5.39. The molecule has 0 aromatic carbocycles. The smallest absolute Gasteiger partial charge is 0.224 e. The molecule has 1 aliphatic carbocycles. The van der Waals surface area contributed by atoms with Crippen LogP contribution in [0.4, 0.5) is 11.8 Å². The van der Waals surface area contributed by atoms with E-state index in [0.717, 1.165) is 18.8 Å². The third kappa shape index (κ3) is 4.89. The molecule has 0 spiro atoms. The largest absolute Gasteiger partial charge is 0.370 e. The Labute approximate surface area is 115 Å². The van der Waals surface area contributed by atoms with Crippen LogP contribution >= 0.6 is 0 Å². The van der Waals surface area contributed by atoms with Crippen molar-refractivity contribution in [1.82, 2.24) is 9.97 Å². The van der Waals surface area contributed by atoms with Crippen molar-refractivity contribution < 1.29 is 0 Å². The summed E-state index contributed by atoms with van der Waals surface area (Å²) in [6, 6.07) is 2.27. The van der Waals surface area contributed by atoms with Crippen molar-refractivity contribution in [1.29, 1.82) is 0 Å². The molecule has 19 heavy (non-hydrogen) atoms. The second-order valence-corrected chi connectivity index (χ2v) is 5.35. The number of anilines is 2. The number of hydrogen-bond acceptors (Lipinski definition) is 4. The van der Waals surface area contributed by atoms with Gasteiger partial charge < -0.3 is 10.6 Å². The predicted molar refractivity (Wildman–Crippen MR) is 80.4 cm³/mol. The van der Waals surface area contributed by atoms with Crippen LogP contribution in [0.15, 0.2) is 23.9 Å². The zero-order valence-corrected chi connectivity index (χ0v) is 11.9. The van der Waals surface area contributed by atoms with Crippen LogP contribution in [-0.2, 0) is 0 Å². The first kappa shape index (κ1) is 13.8. The van der Waals surface area contributed by atoms with E-state index in [1.165, 1.54) is 25.7 Å². The van der Waals surface area contributed by atoms with Crippen molar-refractivity contribution in [3.05, 3.63) is 23.9 Å². The molecular formula is C15H24N4. The summed E-state index contributed by atoms with van der Waals surface area (Å²) >= 11 is 0. The maximum absolute atomic E-state index is 4.44. The minimum Gasteiger partial charge on any atom is -0.370 e. The average molecular weight is 260 g/mol. The van der Waals surface area contributed by atoms with Crippen LogP contribution in [0, 0.1) is 0 Å². The van der Waals surface area contributed by atoms with Crippen LogP contribution in [0.5, 0.6) is 0 Å². The number of aromatic nitrogens is 2. The predicted octanol–water partition coefficient (Wildman–Crippen LogP) is 3.60. The zero-order chi connectivity index (χ0) is 13.5. The van der Waals surface area contributed by atoms with Gasteiger partial charge in [0, 0.05) is 18.8 Å². The van der Waals surface area contributed by atoms with E-state index in [0.29, 0.717) is 12.0 Å². The molecule has 2 rings (SSSR count). The Bertz CT molecular complexity index is 426. The first-order valence-electron chi connectivity index (χ1n) is 7.25. The van der Waals surface area contributed by atoms with Crippen LogP contribution in [0.25, 0.3) is 0 Å². The average Bonchev–Trinajstić information content (AvgIpc) is 2.40. The first-order chi connectivity index (χ1) is 9.24. The number of rotatable bonds is 6. The van der Waals surface area contributed by atoms with Crippen molar-refractivity contribution in [3.8, 4) is 0 Å². The van der Waals surface area contributed by atoms with Crippen molar-refractivity contribution in [2.45, 2.75) is 52.0 Å². The van der Waals surface area contributed by atoms with Crippen LogP contribution in [-0.4, -0.2) is 22.6 Å². The molecule has 4 heteroatoms. The monoisotopic (exact) mass is 260 g/mol. The van der Waals surface area contributed by atoms with E-state index >= 15 is 0 Å². The van der Waals surface area contributed by atoms with Gasteiger partial charge in [0.15, 0.2) is 0 Å². The lowest BCUT2D eigenvalue weighted by atomic mass is 9.97. The maximum atomic E-state index is 4.44. The second-order valence-electron chi connectivity index (χ2n) is 5.35. The van der Waals surface area contributed by atoms with E-state index in [4.69, 9.17) is 0 Å². The minimum atomic E-state index is 0.350. The quantitative estimate of drug-likeness (QED) is 0.767. The summed E-state index contributed by atoms with van der Waals surface area (Å²) in [5, 5.41) is 6.58. The second kappa shape index (κ2) is 7.12. The lowest BCUT2D eigenvalue weighted by Crippen LogP contribution is -2.13. The van der Waals surface area contributed by atoms with E-state index in [1.807, 2.05) is 6.07 Å². The van der Waals surface area contributed by atoms with E-state index in [2.05, 4.69) is 40.5 Å². The summed E-state index contributed by atoms with van der Waals surface area (Å²) in [5.41, 5.74) is 1.59. The molecule has 1 heterocycles. The lowest BCUT2D eigenvalue weighted by molar-refractivity contribution is 0.679. The molecule has 0 unspecified atom stereocenters. The number of nitrogens with one attached hydrogen (secondary N) is 2. The Morgan fingerprint density at radius 1 is 1.32 bits per heavy atom. The van der Waals surface area contributed by atoms with Gasteiger partial charge in [0.05, 0.1) is 0 Å². The first-order valence-corrected chi connectivity index (χ1v) is 7.25. The summed E-state index contributed by atoms with van der Waals surface area (Å²) in [5.74, 6) is 1.59. The van der Waals surface area contributed by atoms with Crippen molar-refractivity contribution in [3.63, 3.8) is 0 Å². The molecule has 1 aromatic heterocycles. The molecule has 0 radical (unpaired) electrons. The molecule has 1 aromatic rings. The van der Waals surface area contributed by atoms with Crippen LogP contribution in [0.1, 0.15) is 46.0 Å². The van der Waals surface area contributed by atoms with Gasteiger partial charge >= 0.3 is 0 Å². The fraction of sp³-hybridized carbons (Fsp3) is 0.600. The maximum Gasteiger partial charge on any atom is 0.224 e. The number of allylic oxidation sites excluding steroid dienone is 1. The van der Waals surface area contributed by atoms with Crippen LogP contribution in [0.3, 0.4) is 0 Å². The van der Waals surface area contributed by atoms with Gasteiger partial charge in [-0.3, -0.25) is 0 Å². The van der Waals surface area contributed by atoms with Gasteiger partial charge in [-0.1, -0.05) is 11.6 Å². The lowest BCUT2D eigenvalue weighted by Gasteiger charge is -2.13. The molecule has 0 fully saturated rings. The van der Waals surface area contributed by atoms with Gasteiger partial charge in [0.2, 0.25) is 5.95 Å². The highest BCUT2D eigenvalue weighted by Crippen LogP contribution is 2.20. The molecule has 104 valence electrons. The van der Waals surface area contributed by atoms with E-state index in [1.54, 1.807) is 11.8 Å². The molecule has 0 saturated carbocycles. The minimum absolute atomic E-state index is 0.350. The summed E-state index contributed by atoms with van der Waals surface area (Å²) in [7, 11) is 0. The van der Waals surface area contributed by atoms with Crippen LogP contribution < -0.4 is 10.6 Å². The van der Waals surface area contributed by atoms with Gasteiger partial charge in [-0.2, -0.15) is 4.98 Å². The van der Waals surface area contributed by atoms with Gasteiger partial charge in [-0.25, -0.2) is 4.98 Å². The third-order valence-corrected chi connectivity index (χ3v) is 3.21. The molecule has 1 aliphatic rings. The summed E-state index contributed by atoms with van der Waals surface area (Å²) in [6.07, 6.45) is 10.5. The summed E-state index contributed by atoms with van der Waals surface area (Å²) in [4.78, 5) is 8.65. The van der Waals surface area contributed by atoms with Gasteiger partial charge in [-0.15, -0.1) is 0 Å². The van der Waals surface area contributed by atoms with Crippen molar-refractivity contribution in [2.24, 2.45) is 0 Å². The van der Waals surface area contributed by atoms with E-state index in [-0.39, 0.29) is 0 Å². The summed E-state index contributed by atoms with van der Waals surface area (Å²) in [6.45, 7) is 5.11. The van der Waals surface area contributed by atoms with Gasteiger partial charge in [-0.05, 0) is 52.0 Å². The third-order valence-electron chi connectivity index (χ3n) is 3.21. The molecule has 0 amide bonds. The Hall–Kier alpha value is -1.58. The van der Waals surface area contributed by atoms with Gasteiger partial charge in [0.1, 0.15) is 5.82 Å². The Balaban J connectivity index is 1.80. The molecule has 2 N–H and O–H groups in total. The SMILES string of the molecule is CC(C)Nc1nccc(NCCC2=CCCCC2)n1. The number of nitrogens with zero attached hydrogens (tertiary/aromatic N) is 2. The Kier molecular flexibility index (Phi) is 5.19. The summed E-state index contributed by atoms with van der Waals surface area (Å²) < 4.78 is 0.